The van der Waals surface area contributed by atoms with E-state index in [4.69, 9.17) is 4.98 Å². The van der Waals surface area contributed by atoms with Crippen molar-refractivity contribution in [3.05, 3.63) is 23.3 Å². The van der Waals surface area contributed by atoms with Crippen molar-refractivity contribution in [1.29, 1.82) is 0 Å². The molecule has 1 aliphatic rings. The third kappa shape index (κ3) is 4.52. The van der Waals surface area contributed by atoms with Crippen molar-refractivity contribution in [2.24, 2.45) is 5.92 Å². The summed E-state index contributed by atoms with van der Waals surface area (Å²) in [6, 6.07) is 4.34. The van der Waals surface area contributed by atoms with Gasteiger partial charge in [-0.15, -0.1) is 12.4 Å². The number of nitrogens with zero attached hydrogens (tertiary/aromatic N) is 3. The van der Waals surface area contributed by atoms with Gasteiger partial charge < -0.3 is 4.90 Å². The molecule has 0 bridgehead atoms. The zero-order chi connectivity index (χ0) is 17.3. The molecule has 4 nitrogen and oxygen atoms in total. The normalized spacial score (nSPS) is 14.9. The highest BCUT2D eigenvalue weighted by atomic mass is 35.5. The smallest absolute Gasteiger partial charge is 0.231 e. The number of carbonyl (C=O) groups excluding carboxylic acids is 1. The molecule has 1 saturated carbocycles. The average molecular weight is 382 g/mol. The molecular weight excluding hydrogens is 354 g/mol. The summed E-state index contributed by atoms with van der Waals surface area (Å²) in [4.78, 5) is 22.0. The molecule has 0 radical (unpaired) electrons. The van der Waals surface area contributed by atoms with Gasteiger partial charge in [0, 0.05) is 19.0 Å². The Hall–Kier alpha value is -1.17. The summed E-state index contributed by atoms with van der Waals surface area (Å²) in [5, 5.41) is 0.859. The van der Waals surface area contributed by atoms with Crippen LogP contribution in [0.3, 0.4) is 0 Å². The molecule has 2 aromatic rings. The Labute approximate surface area is 160 Å². The number of aromatic nitrogens is 1. The summed E-state index contributed by atoms with van der Waals surface area (Å²) in [7, 11) is 4.09. The predicted molar refractivity (Wildman–Crippen MR) is 109 cm³/mol. The summed E-state index contributed by atoms with van der Waals surface area (Å²) in [6.07, 6.45) is 4.41. The maximum Gasteiger partial charge on any atom is 0.231 e. The zero-order valence-corrected chi connectivity index (χ0v) is 17.2. The second-order valence-electron chi connectivity index (χ2n) is 7.20. The van der Waals surface area contributed by atoms with Crippen molar-refractivity contribution in [3.63, 3.8) is 0 Å². The molecule has 0 spiro atoms. The van der Waals surface area contributed by atoms with Crippen LogP contribution in [0.4, 0.5) is 5.13 Å². The number of hydrogen-bond acceptors (Lipinski definition) is 4. The van der Waals surface area contributed by atoms with Crippen LogP contribution in [-0.2, 0) is 4.79 Å². The number of anilines is 1. The topological polar surface area (TPSA) is 36.4 Å². The van der Waals surface area contributed by atoms with Crippen LogP contribution in [0.2, 0.25) is 0 Å². The number of aryl methyl sites for hydroxylation is 2. The molecule has 6 heteroatoms. The summed E-state index contributed by atoms with van der Waals surface area (Å²) in [5.74, 6) is 0.449. The van der Waals surface area contributed by atoms with Crippen molar-refractivity contribution in [2.45, 2.75) is 39.5 Å². The Bertz CT molecular complexity index is 738. The first-order valence-electron chi connectivity index (χ1n) is 8.79. The molecule has 0 saturated heterocycles. The van der Waals surface area contributed by atoms with Crippen LogP contribution in [0.25, 0.3) is 10.2 Å². The van der Waals surface area contributed by atoms with Crippen LogP contribution in [0.5, 0.6) is 0 Å². The molecule has 138 valence electrons. The Kier molecular flexibility index (Phi) is 6.83. The number of likely N-dealkylation sites (N-methyl/N-ethyl adjacent to an activating group) is 1. The van der Waals surface area contributed by atoms with Crippen molar-refractivity contribution in [1.82, 2.24) is 9.88 Å². The average Bonchev–Trinajstić information content (AvgIpc) is 3.16. The molecule has 0 unspecified atom stereocenters. The number of halogens is 1. The van der Waals surface area contributed by atoms with Gasteiger partial charge in [-0.3, -0.25) is 9.69 Å². The minimum atomic E-state index is 0. The second kappa shape index (κ2) is 8.47. The van der Waals surface area contributed by atoms with Gasteiger partial charge in [-0.1, -0.05) is 30.2 Å². The van der Waals surface area contributed by atoms with Crippen LogP contribution in [0, 0.1) is 19.8 Å². The lowest BCUT2D eigenvalue weighted by molar-refractivity contribution is -0.122. The van der Waals surface area contributed by atoms with Crippen LogP contribution in [0.1, 0.15) is 36.8 Å². The molecule has 1 fully saturated rings. The minimum absolute atomic E-state index is 0. The molecule has 1 heterocycles. The van der Waals surface area contributed by atoms with Gasteiger partial charge in [0.2, 0.25) is 5.91 Å². The molecule has 0 N–H and O–H groups in total. The number of benzene rings is 1. The van der Waals surface area contributed by atoms with Gasteiger partial charge >= 0.3 is 0 Å². The molecule has 1 aromatic heterocycles. The van der Waals surface area contributed by atoms with E-state index in [0.717, 1.165) is 30.0 Å². The standard InChI is InChI=1S/C19H27N3OS.ClH/c1-13-11-14(2)17-16(12-13)24-19(20-17)22(10-9-21(3)4)18(23)15-7-5-6-8-15;/h11-12,15H,5-10H2,1-4H3;1H. The minimum Gasteiger partial charge on any atom is -0.308 e. The van der Waals surface area contributed by atoms with Crippen LogP contribution in [-0.4, -0.2) is 43.0 Å². The van der Waals surface area contributed by atoms with Crippen LogP contribution in [0.15, 0.2) is 12.1 Å². The molecule has 0 aliphatic heterocycles. The van der Waals surface area contributed by atoms with E-state index in [0.29, 0.717) is 6.54 Å². The van der Waals surface area contributed by atoms with E-state index < -0.39 is 0 Å². The van der Waals surface area contributed by atoms with E-state index in [9.17, 15) is 4.79 Å². The first-order chi connectivity index (χ1) is 11.5. The molecule has 0 atom stereocenters. The highest BCUT2D eigenvalue weighted by Crippen LogP contribution is 2.34. The monoisotopic (exact) mass is 381 g/mol. The SMILES string of the molecule is Cc1cc(C)c2nc(N(CCN(C)C)C(=O)C3CCCC3)sc2c1.Cl. The lowest BCUT2D eigenvalue weighted by Gasteiger charge is -2.24. The van der Waals surface area contributed by atoms with Crippen molar-refractivity contribution in [2.75, 3.05) is 32.1 Å². The lowest BCUT2D eigenvalue weighted by atomic mass is 10.1. The third-order valence-corrected chi connectivity index (χ3v) is 5.82. The summed E-state index contributed by atoms with van der Waals surface area (Å²) in [5.41, 5.74) is 3.47. The predicted octanol–water partition coefficient (Wildman–Crippen LogP) is 4.42. The first kappa shape index (κ1) is 20.1. The van der Waals surface area contributed by atoms with Crippen molar-refractivity contribution < 1.29 is 4.79 Å². The summed E-state index contributed by atoms with van der Waals surface area (Å²) < 4.78 is 1.18. The molecule has 3 rings (SSSR count). The Morgan fingerprint density at radius 2 is 1.88 bits per heavy atom. The number of carbonyl (C=O) groups is 1. The maximum absolute atomic E-state index is 13.1. The highest BCUT2D eigenvalue weighted by Gasteiger charge is 2.29. The molecular formula is C19H28ClN3OS. The molecule has 1 aromatic carbocycles. The molecule has 1 aliphatic carbocycles. The fourth-order valence-corrected chi connectivity index (χ4v) is 4.64. The van der Waals surface area contributed by atoms with Crippen molar-refractivity contribution in [3.8, 4) is 0 Å². The van der Waals surface area contributed by atoms with Crippen molar-refractivity contribution >= 4 is 45.0 Å². The van der Waals surface area contributed by atoms with Gasteiger partial charge in [0.15, 0.2) is 5.13 Å². The summed E-state index contributed by atoms with van der Waals surface area (Å²) in [6.45, 7) is 5.77. The maximum atomic E-state index is 13.1. The summed E-state index contributed by atoms with van der Waals surface area (Å²) >= 11 is 1.65. The van der Waals surface area contributed by atoms with Gasteiger partial charge in [0.25, 0.3) is 0 Å². The Morgan fingerprint density at radius 1 is 1.20 bits per heavy atom. The van der Waals surface area contributed by atoms with Crippen LogP contribution >= 0.6 is 23.7 Å². The number of rotatable bonds is 5. The highest BCUT2D eigenvalue weighted by molar-refractivity contribution is 7.22. The van der Waals surface area contributed by atoms with E-state index in [-0.39, 0.29) is 24.2 Å². The van der Waals surface area contributed by atoms with Crippen LogP contribution < -0.4 is 4.90 Å². The molecule has 25 heavy (non-hydrogen) atoms. The van der Waals surface area contributed by atoms with E-state index in [2.05, 4.69) is 30.9 Å². The third-order valence-electron chi connectivity index (χ3n) is 4.79. The van der Waals surface area contributed by atoms with Gasteiger partial charge in [-0.25, -0.2) is 4.98 Å². The zero-order valence-electron chi connectivity index (χ0n) is 15.5. The quantitative estimate of drug-likeness (QED) is 0.769. The number of amides is 1. The first-order valence-corrected chi connectivity index (χ1v) is 9.61. The van der Waals surface area contributed by atoms with E-state index in [1.54, 1.807) is 11.3 Å². The second-order valence-corrected chi connectivity index (χ2v) is 8.21. The largest absolute Gasteiger partial charge is 0.308 e. The molecule has 1 amide bonds. The number of fused-ring (bicyclic) bond motifs is 1. The fraction of sp³-hybridized carbons (Fsp3) is 0.579. The Balaban J connectivity index is 0.00000225. The fourth-order valence-electron chi connectivity index (χ4n) is 3.47. The van der Waals surface area contributed by atoms with E-state index in [1.807, 2.05) is 19.0 Å². The number of hydrogen-bond donors (Lipinski definition) is 0. The van der Waals surface area contributed by atoms with E-state index >= 15 is 0 Å². The van der Waals surface area contributed by atoms with Gasteiger partial charge in [-0.2, -0.15) is 0 Å². The lowest BCUT2D eigenvalue weighted by Crippen LogP contribution is -2.39. The van der Waals surface area contributed by atoms with E-state index in [1.165, 1.54) is 28.7 Å². The van der Waals surface area contributed by atoms with Gasteiger partial charge in [0.1, 0.15) is 0 Å². The van der Waals surface area contributed by atoms with Gasteiger partial charge in [0.05, 0.1) is 10.2 Å². The Morgan fingerprint density at radius 3 is 2.52 bits per heavy atom. The number of thiazole rings is 1. The van der Waals surface area contributed by atoms with Gasteiger partial charge in [-0.05, 0) is 58.0 Å².